The topological polar surface area (TPSA) is 155 Å². The van der Waals surface area contributed by atoms with Gasteiger partial charge in [-0.1, -0.05) is 26.0 Å². The van der Waals surface area contributed by atoms with E-state index in [9.17, 15) is 18.0 Å². The fraction of sp³-hybridized carbons (Fsp3) is 0.577. The second kappa shape index (κ2) is 12.7. The first-order valence-electron chi connectivity index (χ1n) is 13.3. The molecule has 0 saturated carbocycles. The molecule has 39 heavy (non-hydrogen) atoms. The van der Waals surface area contributed by atoms with Crippen molar-refractivity contribution >= 4 is 33.7 Å². The number of imidazole rings is 1. The van der Waals surface area contributed by atoms with E-state index < -0.39 is 34.4 Å². The summed E-state index contributed by atoms with van der Waals surface area (Å²) in [6, 6.07) is 4.13. The van der Waals surface area contributed by atoms with Gasteiger partial charge in [0.05, 0.1) is 12.8 Å². The van der Waals surface area contributed by atoms with Crippen LogP contribution < -0.4 is 15.4 Å². The number of hydrogen-bond donors (Lipinski definition) is 4. The van der Waals surface area contributed by atoms with Crippen molar-refractivity contribution in [3.8, 4) is 0 Å². The molecule has 12 nitrogen and oxygen atoms in total. The van der Waals surface area contributed by atoms with Gasteiger partial charge in [-0.2, -0.15) is 4.72 Å². The fourth-order valence-electron chi connectivity index (χ4n) is 5.07. The van der Waals surface area contributed by atoms with Crippen molar-refractivity contribution in [1.29, 1.82) is 0 Å². The van der Waals surface area contributed by atoms with E-state index in [4.69, 9.17) is 4.74 Å². The van der Waals surface area contributed by atoms with Crippen LogP contribution in [-0.4, -0.2) is 74.4 Å². The number of nitrogens with one attached hydrogen (secondary N) is 4. The third kappa shape index (κ3) is 7.21. The number of carbonyl (C=O) groups is 2. The number of aromatic nitrogens is 2. The number of methoxy groups -OCH3 is 1. The fourth-order valence-corrected chi connectivity index (χ4v) is 6.52. The molecule has 214 valence electrons. The van der Waals surface area contributed by atoms with E-state index in [1.165, 1.54) is 12.0 Å². The Balaban J connectivity index is 1.56. The van der Waals surface area contributed by atoms with Crippen molar-refractivity contribution in [3.63, 3.8) is 0 Å². The standard InChI is InChI=1S/C26H38N6O6S/c1-17-9-13-32(22(15-17)38-26(34)37-3)24(33)20(7-5-10-27-25-28-11-12-29-25)31-39(35,36)21-8-4-6-19-14-18(2)16-30-23(19)21/h4,6,8,11-12,17-18,20,22,30-31H,5,7,9-10,13-16H2,1-3H3,(H2,27,28,29)/t17-,18?,20+,22-/m1/s1. The Morgan fingerprint density at radius 2 is 2.08 bits per heavy atom. The lowest BCUT2D eigenvalue weighted by molar-refractivity contribution is -0.150. The zero-order valence-electron chi connectivity index (χ0n) is 22.6. The molecule has 13 heteroatoms. The molecule has 1 fully saturated rings. The SMILES string of the molecule is COC(=O)O[C@@H]1C[C@H](C)CCN1C(=O)[C@H](CCCNc1ncc[nH]1)NS(=O)(=O)c1cccc2c1NCC(C)C2. The van der Waals surface area contributed by atoms with E-state index in [1.807, 2.05) is 13.0 Å². The molecule has 1 unspecified atom stereocenters. The molecule has 0 bridgehead atoms. The van der Waals surface area contributed by atoms with Crippen LogP contribution in [0.1, 0.15) is 45.1 Å². The van der Waals surface area contributed by atoms with Gasteiger partial charge in [0.1, 0.15) is 10.9 Å². The zero-order chi connectivity index (χ0) is 28.0. The summed E-state index contributed by atoms with van der Waals surface area (Å²) in [6.07, 6.45) is 4.21. The van der Waals surface area contributed by atoms with Gasteiger partial charge in [0.15, 0.2) is 12.2 Å². The number of amides is 1. The second-order valence-electron chi connectivity index (χ2n) is 10.3. The van der Waals surface area contributed by atoms with E-state index in [-0.39, 0.29) is 17.2 Å². The normalized spacial score (nSPS) is 21.8. The summed E-state index contributed by atoms with van der Waals surface area (Å²) in [5.74, 6) is 0.753. The largest absolute Gasteiger partial charge is 0.509 e. The molecule has 1 amide bonds. The van der Waals surface area contributed by atoms with Crippen LogP contribution in [0.3, 0.4) is 0 Å². The number of nitrogens with zero attached hydrogens (tertiary/aromatic N) is 2. The van der Waals surface area contributed by atoms with E-state index in [2.05, 4.69) is 37.0 Å². The highest BCUT2D eigenvalue weighted by atomic mass is 32.2. The Morgan fingerprint density at radius 1 is 1.26 bits per heavy atom. The maximum absolute atomic E-state index is 13.9. The first kappa shape index (κ1) is 28.7. The van der Waals surface area contributed by atoms with Crippen molar-refractivity contribution in [3.05, 3.63) is 36.2 Å². The van der Waals surface area contributed by atoms with Crippen LogP contribution in [0.2, 0.25) is 0 Å². The Morgan fingerprint density at radius 3 is 2.82 bits per heavy atom. The van der Waals surface area contributed by atoms with Crippen LogP contribution in [0, 0.1) is 11.8 Å². The highest BCUT2D eigenvalue weighted by molar-refractivity contribution is 7.89. The molecule has 3 heterocycles. The van der Waals surface area contributed by atoms with Gasteiger partial charge in [-0.15, -0.1) is 0 Å². The monoisotopic (exact) mass is 562 g/mol. The van der Waals surface area contributed by atoms with Gasteiger partial charge in [0.2, 0.25) is 15.9 Å². The Labute approximate surface area is 229 Å². The van der Waals surface area contributed by atoms with Crippen LogP contribution in [-0.2, 0) is 30.7 Å². The lowest BCUT2D eigenvalue weighted by Crippen LogP contribution is -2.55. The summed E-state index contributed by atoms with van der Waals surface area (Å²) in [6.45, 7) is 5.59. The number of hydrogen-bond acceptors (Lipinski definition) is 9. The number of H-pyrrole nitrogens is 1. The number of para-hydroxylation sites is 1. The Bertz CT molecular complexity index is 1240. The molecule has 1 aromatic carbocycles. The average molecular weight is 563 g/mol. The van der Waals surface area contributed by atoms with Crippen LogP contribution >= 0.6 is 0 Å². The highest BCUT2D eigenvalue weighted by Crippen LogP contribution is 2.32. The predicted molar refractivity (Wildman–Crippen MR) is 146 cm³/mol. The van der Waals surface area contributed by atoms with E-state index in [0.29, 0.717) is 56.5 Å². The predicted octanol–water partition coefficient (Wildman–Crippen LogP) is 2.92. The lowest BCUT2D eigenvalue weighted by Gasteiger charge is -2.39. The summed E-state index contributed by atoms with van der Waals surface area (Å²) < 4.78 is 40.1. The number of fused-ring (bicyclic) bond motifs is 1. The quantitative estimate of drug-likeness (QED) is 0.253. The number of piperidine rings is 1. The molecule has 1 saturated heterocycles. The van der Waals surface area contributed by atoms with E-state index >= 15 is 0 Å². The molecule has 2 aliphatic rings. The van der Waals surface area contributed by atoms with Gasteiger partial charge in [0.25, 0.3) is 0 Å². The molecular weight excluding hydrogens is 524 g/mol. The van der Waals surface area contributed by atoms with Crippen molar-refractivity contribution in [2.24, 2.45) is 11.8 Å². The molecule has 0 radical (unpaired) electrons. The van der Waals surface area contributed by atoms with E-state index in [1.54, 1.807) is 24.5 Å². The molecule has 2 aliphatic heterocycles. The third-order valence-electron chi connectivity index (χ3n) is 7.15. The van der Waals surface area contributed by atoms with Crippen LogP contribution in [0.4, 0.5) is 16.4 Å². The molecule has 4 N–H and O–H groups in total. The molecule has 1 aromatic heterocycles. The van der Waals surface area contributed by atoms with Gasteiger partial charge >= 0.3 is 6.16 Å². The van der Waals surface area contributed by atoms with Crippen LogP contribution in [0.5, 0.6) is 0 Å². The minimum absolute atomic E-state index is 0.119. The maximum atomic E-state index is 13.9. The van der Waals surface area contributed by atoms with Gasteiger partial charge in [-0.3, -0.25) is 4.79 Å². The third-order valence-corrected chi connectivity index (χ3v) is 8.66. The number of ether oxygens (including phenoxy) is 2. The van der Waals surface area contributed by atoms with Crippen molar-refractivity contribution < 1.29 is 27.5 Å². The number of rotatable bonds is 10. The minimum atomic E-state index is -4.07. The summed E-state index contributed by atoms with van der Waals surface area (Å²) >= 11 is 0. The minimum Gasteiger partial charge on any atom is -0.438 e. The summed E-state index contributed by atoms with van der Waals surface area (Å²) in [7, 11) is -2.86. The second-order valence-corrected chi connectivity index (χ2v) is 12.0. The number of carbonyl (C=O) groups excluding carboxylic acids is 2. The molecule has 4 atom stereocenters. The Hall–Kier alpha value is -3.32. The van der Waals surface area contributed by atoms with E-state index in [0.717, 1.165) is 12.0 Å². The summed E-state index contributed by atoms with van der Waals surface area (Å²) in [5, 5.41) is 6.38. The average Bonchev–Trinajstić information content (AvgIpc) is 3.43. The molecule has 0 aliphatic carbocycles. The van der Waals surface area contributed by atoms with Gasteiger partial charge < -0.3 is 30.0 Å². The summed E-state index contributed by atoms with van der Waals surface area (Å²) in [4.78, 5) is 34.4. The number of likely N-dealkylation sites (tertiary alicyclic amines) is 1. The highest BCUT2D eigenvalue weighted by Gasteiger charge is 2.38. The lowest BCUT2D eigenvalue weighted by atomic mass is 9.96. The first-order chi connectivity index (χ1) is 18.7. The van der Waals surface area contributed by atoms with Crippen molar-refractivity contribution in [2.75, 3.05) is 37.4 Å². The van der Waals surface area contributed by atoms with Crippen molar-refractivity contribution in [1.82, 2.24) is 19.6 Å². The first-order valence-corrected chi connectivity index (χ1v) is 14.8. The molecule has 4 rings (SSSR count). The van der Waals surface area contributed by atoms with Gasteiger partial charge in [-0.05, 0) is 49.1 Å². The smallest absolute Gasteiger partial charge is 0.438 e. The zero-order valence-corrected chi connectivity index (χ0v) is 23.4. The van der Waals surface area contributed by atoms with Crippen LogP contribution in [0.15, 0.2) is 35.5 Å². The van der Waals surface area contributed by atoms with Gasteiger partial charge in [0, 0.05) is 38.4 Å². The molecular formula is C26H38N6O6S. The van der Waals surface area contributed by atoms with Crippen LogP contribution in [0.25, 0.3) is 0 Å². The Kier molecular flexibility index (Phi) is 9.33. The molecule has 2 aromatic rings. The number of sulfonamides is 1. The van der Waals surface area contributed by atoms with Crippen molar-refractivity contribution in [2.45, 2.75) is 63.1 Å². The number of benzene rings is 1. The molecule has 0 spiro atoms. The number of anilines is 2. The maximum Gasteiger partial charge on any atom is 0.509 e. The number of aromatic amines is 1. The summed E-state index contributed by atoms with van der Waals surface area (Å²) in [5.41, 5.74) is 1.51. The van der Waals surface area contributed by atoms with Gasteiger partial charge in [-0.25, -0.2) is 18.2 Å².